The molecule has 0 bridgehead atoms. The number of ether oxygens (including phenoxy) is 1. The summed E-state index contributed by atoms with van der Waals surface area (Å²) in [6.45, 7) is 3.21. The first-order valence-corrected chi connectivity index (χ1v) is 20.4. The molecular weight excluding hydrogens is 737 g/mol. The predicted octanol–water partition coefficient (Wildman–Crippen LogP) is 3.17. The van der Waals surface area contributed by atoms with Gasteiger partial charge in [0.05, 0.1) is 16.0 Å². The van der Waals surface area contributed by atoms with E-state index in [1.165, 1.54) is 0 Å². The number of anilines is 1. The number of benzene rings is 2. The van der Waals surface area contributed by atoms with E-state index in [4.69, 9.17) is 9.72 Å². The third-order valence-electron chi connectivity index (χ3n) is 11.5. The Morgan fingerprint density at radius 1 is 0.857 bits per heavy atom. The van der Waals surface area contributed by atoms with Crippen molar-refractivity contribution >= 4 is 51.6 Å². The van der Waals surface area contributed by atoms with Gasteiger partial charge in [0, 0.05) is 68.9 Å². The highest BCUT2D eigenvalue weighted by atomic mass is 32.2. The van der Waals surface area contributed by atoms with Gasteiger partial charge in [0.1, 0.15) is 34.5 Å². The molecule has 2 aromatic heterocycles. The van der Waals surface area contributed by atoms with Crippen molar-refractivity contribution in [1.82, 2.24) is 34.0 Å². The summed E-state index contributed by atoms with van der Waals surface area (Å²) in [4.78, 5) is 76.1. The average Bonchev–Trinajstić information content (AvgIpc) is 3.80. The quantitative estimate of drug-likeness (QED) is 0.226. The summed E-state index contributed by atoms with van der Waals surface area (Å²) >= 11 is 0. The molecule has 6 heterocycles. The molecule has 56 heavy (non-hydrogen) atoms. The lowest BCUT2D eigenvalue weighted by Crippen LogP contribution is -2.54. The minimum atomic E-state index is -1.32. The van der Waals surface area contributed by atoms with Crippen LogP contribution < -0.4 is 20.9 Å². The van der Waals surface area contributed by atoms with E-state index in [1.54, 1.807) is 30.5 Å². The Labute approximate surface area is 325 Å². The summed E-state index contributed by atoms with van der Waals surface area (Å²) in [5.41, 5.74) is 2.06. The first-order chi connectivity index (χ1) is 27.2. The summed E-state index contributed by atoms with van der Waals surface area (Å²) in [5.74, 6) is -0.859. The number of carbonyl (C=O) groups is 4. The van der Waals surface area contributed by atoms with Gasteiger partial charge < -0.3 is 10.1 Å². The third kappa shape index (κ3) is 7.01. The second-order valence-corrected chi connectivity index (χ2v) is 16.8. The van der Waals surface area contributed by atoms with Gasteiger partial charge in [0.25, 0.3) is 17.4 Å². The molecule has 3 saturated heterocycles. The highest BCUT2D eigenvalue weighted by molar-refractivity contribution is 7.82. The van der Waals surface area contributed by atoms with Gasteiger partial charge in [0.15, 0.2) is 0 Å². The van der Waals surface area contributed by atoms with Crippen molar-refractivity contribution in [3.63, 3.8) is 0 Å². The molecule has 0 spiro atoms. The van der Waals surface area contributed by atoms with Crippen molar-refractivity contribution in [1.29, 1.82) is 0 Å². The van der Waals surface area contributed by atoms with Crippen molar-refractivity contribution in [2.45, 2.75) is 87.0 Å². The van der Waals surface area contributed by atoms with Crippen LogP contribution in [0.3, 0.4) is 0 Å². The van der Waals surface area contributed by atoms with Gasteiger partial charge in [-0.05, 0) is 80.1 Å². The number of imide groups is 2. The molecule has 4 aromatic rings. The van der Waals surface area contributed by atoms with Crippen LogP contribution in [0.1, 0.15) is 83.7 Å². The lowest BCUT2D eigenvalue weighted by Gasteiger charge is -2.39. The van der Waals surface area contributed by atoms with E-state index in [9.17, 15) is 28.2 Å². The lowest BCUT2D eigenvalue weighted by molar-refractivity contribution is -0.136. The molecule has 0 radical (unpaired) electrons. The van der Waals surface area contributed by atoms with E-state index in [0.29, 0.717) is 55.0 Å². The molecule has 4 amide bonds. The van der Waals surface area contributed by atoms with Gasteiger partial charge in [-0.2, -0.15) is 4.98 Å². The van der Waals surface area contributed by atoms with E-state index in [1.807, 2.05) is 39.2 Å². The molecule has 2 atom stereocenters. The maximum atomic E-state index is 13.5. The fourth-order valence-electron chi connectivity index (χ4n) is 8.55. The van der Waals surface area contributed by atoms with Gasteiger partial charge in [-0.3, -0.25) is 43.7 Å². The Morgan fingerprint density at radius 3 is 2.36 bits per heavy atom. The summed E-state index contributed by atoms with van der Waals surface area (Å²) in [7, 11) is -1.32. The maximum Gasteiger partial charge on any atom is 0.262 e. The molecule has 4 aliphatic heterocycles. The number of carbonyl (C=O) groups excluding carboxylic acids is 4. The largest absolute Gasteiger partial charge is 0.488 e. The Kier molecular flexibility index (Phi) is 9.71. The van der Waals surface area contributed by atoms with Gasteiger partial charge in [0.2, 0.25) is 17.8 Å². The molecule has 4 fully saturated rings. The van der Waals surface area contributed by atoms with E-state index in [2.05, 4.69) is 20.5 Å². The minimum Gasteiger partial charge on any atom is -0.488 e. The van der Waals surface area contributed by atoms with E-state index in [0.717, 1.165) is 54.4 Å². The number of aromatic nitrogens is 3. The van der Waals surface area contributed by atoms with Crippen molar-refractivity contribution in [2.75, 3.05) is 31.5 Å². The number of likely N-dealkylation sites (tertiary alicyclic amines) is 1. The second-order valence-electron chi connectivity index (χ2n) is 15.3. The standard InChI is InChI=1S/C40H42N8O7S/c49-34-13-12-33(37(51)43-34)48-38(52)31-11-5-24(19-32(31)39(48)53)21-45-22-29(23-45)55-28-7-9-30(10-8-28)56(54)46-17-15-26(16-18-46)42-40-41-20-25-6-14-35(50)47(36(25)44-40)27-3-1-2-4-27/h5-11,14,19-20,26-27,29,33H,1-4,12-13,15-18,21-23H2,(H,41,42,44)(H,43,49,51). The number of rotatable bonds is 10. The van der Waals surface area contributed by atoms with Crippen LogP contribution >= 0.6 is 0 Å². The molecule has 9 rings (SSSR count). The zero-order chi connectivity index (χ0) is 38.5. The fraction of sp³-hybridized carbons (Fsp3) is 0.425. The van der Waals surface area contributed by atoms with Crippen LogP contribution in [0.5, 0.6) is 5.75 Å². The van der Waals surface area contributed by atoms with Crippen LogP contribution in [-0.4, -0.2) is 101 Å². The van der Waals surface area contributed by atoms with Crippen molar-refractivity contribution in [3.05, 3.63) is 87.8 Å². The average molecular weight is 779 g/mol. The number of nitrogens with one attached hydrogen (secondary N) is 2. The number of hydrogen-bond donors (Lipinski definition) is 2. The molecule has 1 aliphatic carbocycles. The molecule has 5 aliphatic rings. The molecule has 2 unspecified atom stereocenters. The van der Waals surface area contributed by atoms with E-state index in [-0.39, 0.29) is 47.7 Å². The summed E-state index contributed by atoms with van der Waals surface area (Å²) in [5, 5.41) is 6.53. The Hall–Kier alpha value is -5.32. The number of hydrogen-bond acceptors (Lipinski definition) is 11. The Balaban J connectivity index is 0.741. The molecule has 1 saturated carbocycles. The van der Waals surface area contributed by atoms with Crippen LogP contribution in [0, 0.1) is 0 Å². The van der Waals surface area contributed by atoms with Gasteiger partial charge in [-0.15, -0.1) is 0 Å². The molecular formula is C40H42N8O7S. The monoisotopic (exact) mass is 778 g/mol. The van der Waals surface area contributed by atoms with Gasteiger partial charge >= 0.3 is 0 Å². The first kappa shape index (κ1) is 36.3. The number of pyridine rings is 1. The second kappa shape index (κ2) is 15.0. The molecule has 15 nitrogen and oxygen atoms in total. The molecule has 290 valence electrons. The van der Waals surface area contributed by atoms with E-state index < -0.39 is 40.7 Å². The summed E-state index contributed by atoms with van der Waals surface area (Å²) < 4.78 is 23.5. The minimum absolute atomic E-state index is 0.0212. The zero-order valence-corrected chi connectivity index (χ0v) is 31.5. The molecule has 2 N–H and O–H groups in total. The lowest BCUT2D eigenvalue weighted by atomic mass is 10.0. The van der Waals surface area contributed by atoms with Crippen LogP contribution in [0.4, 0.5) is 5.95 Å². The topological polar surface area (TPSA) is 176 Å². The van der Waals surface area contributed by atoms with Crippen LogP contribution in [0.2, 0.25) is 0 Å². The van der Waals surface area contributed by atoms with Gasteiger partial charge in [-0.1, -0.05) is 18.9 Å². The SMILES string of the molecule is O=C1CCC(N2C(=O)c3ccc(CN4CC(Oc5ccc(S(=O)N6CCC(Nc7ncc8ccc(=O)n(C9CCCC9)c8n7)CC6)cc5)C4)cc3C2=O)C(=O)N1. The Bertz CT molecular complexity index is 2310. The highest BCUT2D eigenvalue weighted by Crippen LogP contribution is 2.32. The van der Waals surface area contributed by atoms with Crippen molar-refractivity contribution < 1.29 is 28.1 Å². The Morgan fingerprint density at radius 2 is 1.61 bits per heavy atom. The molecule has 2 aromatic carbocycles. The maximum absolute atomic E-state index is 13.5. The zero-order valence-electron chi connectivity index (χ0n) is 30.7. The smallest absolute Gasteiger partial charge is 0.262 e. The predicted molar refractivity (Wildman–Crippen MR) is 205 cm³/mol. The summed E-state index contributed by atoms with van der Waals surface area (Å²) in [6, 6.07) is 15.3. The number of nitrogens with zero attached hydrogens (tertiary/aromatic N) is 6. The fourth-order valence-corrected chi connectivity index (χ4v) is 9.76. The number of amides is 4. The number of piperidine rings is 2. The van der Waals surface area contributed by atoms with Crippen LogP contribution in [0.25, 0.3) is 11.0 Å². The summed E-state index contributed by atoms with van der Waals surface area (Å²) in [6.07, 6.45) is 7.72. The highest BCUT2D eigenvalue weighted by Gasteiger charge is 2.44. The van der Waals surface area contributed by atoms with Gasteiger partial charge in [-0.25, -0.2) is 13.5 Å². The van der Waals surface area contributed by atoms with Crippen LogP contribution in [0.15, 0.2) is 70.5 Å². The normalized spacial score (nSPS) is 22.0. The third-order valence-corrected chi connectivity index (χ3v) is 13.1. The molecule has 16 heteroatoms. The van der Waals surface area contributed by atoms with Crippen molar-refractivity contribution in [3.8, 4) is 5.75 Å². The van der Waals surface area contributed by atoms with Crippen molar-refractivity contribution in [2.24, 2.45) is 0 Å². The van der Waals surface area contributed by atoms with E-state index >= 15 is 0 Å². The first-order valence-electron chi connectivity index (χ1n) is 19.3. The van der Waals surface area contributed by atoms with Crippen LogP contribution in [-0.2, 0) is 27.1 Å². The number of fused-ring (bicyclic) bond motifs is 2.